The van der Waals surface area contributed by atoms with Gasteiger partial charge < -0.3 is 10.2 Å². The minimum atomic E-state index is 0.769. The Kier molecular flexibility index (Phi) is 5.50. The van der Waals surface area contributed by atoms with Crippen LogP contribution < -0.4 is 5.32 Å². The van der Waals surface area contributed by atoms with E-state index < -0.39 is 0 Å². The first-order valence-corrected chi connectivity index (χ1v) is 8.15. The van der Waals surface area contributed by atoms with Crippen molar-refractivity contribution in [3.8, 4) is 0 Å². The predicted molar refractivity (Wildman–Crippen MR) is 78.9 cm³/mol. The average molecular weight is 252 g/mol. The molecule has 0 radical (unpaired) electrons. The maximum absolute atomic E-state index is 3.58. The van der Waals surface area contributed by atoms with Crippen LogP contribution in [0.3, 0.4) is 0 Å². The molecule has 1 saturated carbocycles. The largest absolute Gasteiger partial charge is 0.317 e. The Morgan fingerprint density at radius 3 is 2.67 bits per heavy atom. The van der Waals surface area contributed by atoms with E-state index in [9.17, 15) is 0 Å². The lowest BCUT2D eigenvalue weighted by Gasteiger charge is -2.39. The van der Waals surface area contributed by atoms with Gasteiger partial charge in [0.2, 0.25) is 0 Å². The van der Waals surface area contributed by atoms with Crippen LogP contribution in [0.2, 0.25) is 0 Å². The fraction of sp³-hybridized carbons (Fsp3) is 1.00. The SMILES string of the molecule is CCCC1CCC(NC)C(CN2CCCC2C)C1. The molecule has 1 saturated heterocycles. The minimum Gasteiger partial charge on any atom is -0.317 e. The topological polar surface area (TPSA) is 15.3 Å². The quantitative estimate of drug-likeness (QED) is 0.808. The molecular formula is C16H32N2. The fourth-order valence-electron chi connectivity index (χ4n) is 4.18. The zero-order valence-electron chi connectivity index (χ0n) is 12.6. The van der Waals surface area contributed by atoms with Crippen molar-refractivity contribution in [1.82, 2.24) is 10.2 Å². The van der Waals surface area contributed by atoms with E-state index in [1.54, 1.807) is 0 Å². The van der Waals surface area contributed by atoms with E-state index in [1.807, 2.05) is 0 Å². The first kappa shape index (κ1) is 14.3. The standard InChI is InChI=1S/C16H32N2/c1-4-6-14-8-9-16(17-3)15(11-14)12-18-10-5-7-13(18)2/h13-17H,4-12H2,1-3H3. The molecule has 4 unspecified atom stereocenters. The van der Waals surface area contributed by atoms with Crippen LogP contribution in [0.15, 0.2) is 0 Å². The van der Waals surface area contributed by atoms with E-state index in [-0.39, 0.29) is 0 Å². The molecule has 0 aromatic heterocycles. The van der Waals surface area contributed by atoms with E-state index in [4.69, 9.17) is 0 Å². The van der Waals surface area contributed by atoms with Gasteiger partial charge in [0.15, 0.2) is 0 Å². The van der Waals surface area contributed by atoms with Crippen molar-refractivity contribution in [2.45, 2.75) is 70.9 Å². The molecule has 0 spiro atoms. The minimum absolute atomic E-state index is 0.769. The summed E-state index contributed by atoms with van der Waals surface area (Å²) in [5.74, 6) is 1.89. The molecule has 0 aromatic rings. The third-order valence-corrected chi connectivity index (χ3v) is 5.32. The third kappa shape index (κ3) is 3.48. The molecule has 1 heterocycles. The first-order chi connectivity index (χ1) is 8.74. The molecule has 2 fully saturated rings. The second kappa shape index (κ2) is 6.91. The van der Waals surface area contributed by atoms with Crippen LogP contribution in [-0.2, 0) is 0 Å². The molecule has 0 bridgehead atoms. The summed E-state index contributed by atoms with van der Waals surface area (Å²) in [7, 11) is 2.16. The predicted octanol–water partition coefficient (Wildman–Crippen LogP) is 3.28. The van der Waals surface area contributed by atoms with E-state index in [0.29, 0.717) is 0 Å². The summed E-state index contributed by atoms with van der Waals surface area (Å²) in [5, 5.41) is 3.58. The van der Waals surface area contributed by atoms with Gasteiger partial charge in [-0.3, -0.25) is 0 Å². The van der Waals surface area contributed by atoms with Gasteiger partial charge in [-0.1, -0.05) is 19.8 Å². The maximum atomic E-state index is 3.58. The molecule has 0 aromatic carbocycles. The van der Waals surface area contributed by atoms with Crippen molar-refractivity contribution in [2.24, 2.45) is 11.8 Å². The molecular weight excluding hydrogens is 220 g/mol. The van der Waals surface area contributed by atoms with Crippen LogP contribution in [0.1, 0.15) is 58.8 Å². The van der Waals surface area contributed by atoms with E-state index in [2.05, 4.69) is 31.1 Å². The lowest BCUT2D eigenvalue weighted by Crippen LogP contribution is -2.45. The van der Waals surface area contributed by atoms with Crippen molar-refractivity contribution in [3.05, 3.63) is 0 Å². The van der Waals surface area contributed by atoms with Gasteiger partial charge in [0, 0.05) is 18.6 Å². The lowest BCUT2D eigenvalue weighted by atomic mass is 9.76. The van der Waals surface area contributed by atoms with Crippen LogP contribution in [-0.4, -0.2) is 37.1 Å². The fourth-order valence-corrected chi connectivity index (χ4v) is 4.18. The highest BCUT2D eigenvalue weighted by atomic mass is 15.2. The van der Waals surface area contributed by atoms with Gasteiger partial charge in [0.25, 0.3) is 0 Å². The van der Waals surface area contributed by atoms with Crippen molar-refractivity contribution in [1.29, 1.82) is 0 Å². The third-order valence-electron chi connectivity index (χ3n) is 5.32. The van der Waals surface area contributed by atoms with Gasteiger partial charge in [0.1, 0.15) is 0 Å². The molecule has 2 nitrogen and oxygen atoms in total. The smallest absolute Gasteiger partial charge is 0.0105 e. The molecule has 1 aliphatic carbocycles. The molecule has 2 rings (SSSR count). The number of rotatable bonds is 5. The second-order valence-corrected chi connectivity index (χ2v) is 6.61. The molecule has 1 N–H and O–H groups in total. The Hall–Kier alpha value is -0.0800. The molecule has 1 aliphatic heterocycles. The van der Waals surface area contributed by atoms with Crippen LogP contribution in [0.4, 0.5) is 0 Å². The first-order valence-electron chi connectivity index (χ1n) is 8.15. The van der Waals surface area contributed by atoms with Crippen LogP contribution in [0.25, 0.3) is 0 Å². The summed E-state index contributed by atoms with van der Waals surface area (Å²) in [6, 6.07) is 1.60. The van der Waals surface area contributed by atoms with E-state index in [0.717, 1.165) is 23.9 Å². The van der Waals surface area contributed by atoms with Gasteiger partial charge in [0.05, 0.1) is 0 Å². The summed E-state index contributed by atoms with van der Waals surface area (Å²) in [6.07, 6.45) is 9.94. The zero-order chi connectivity index (χ0) is 13.0. The summed E-state index contributed by atoms with van der Waals surface area (Å²) in [4.78, 5) is 2.74. The monoisotopic (exact) mass is 252 g/mol. The average Bonchev–Trinajstić information content (AvgIpc) is 2.76. The maximum Gasteiger partial charge on any atom is 0.0105 e. The Bertz CT molecular complexity index is 241. The number of hydrogen-bond donors (Lipinski definition) is 1. The molecule has 0 amide bonds. The lowest BCUT2D eigenvalue weighted by molar-refractivity contribution is 0.136. The summed E-state index contributed by atoms with van der Waals surface area (Å²) in [5.41, 5.74) is 0. The van der Waals surface area contributed by atoms with E-state index >= 15 is 0 Å². The molecule has 2 aliphatic rings. The van der Waals surface area contributed by atoms with Gasteiger partial charge in [-0.2, -0.15) is 0 Å². The highest BCUT2D eigenvalue weighted by molar-refractivity contribution is 4.88. The number of likely N-dealkylation sites (tertiary alicyclic amines) is 1. The van der Waals surface area contributed by atoms with Crippen molar-refractivity contribution >= 4 is 0 Å². The summed E-state index contributed by atoms with van der Waals surface area (Å²) < 4.78 is 0. The molecule has 18 heavy (non-hydrogen) atoms. The Labute approximate surface area is 114 Å². The summed E-state index contributed by atoms with van der Waals surface area (Å²) >= 11 is 0. The second-order valence-electron chi connectivity index (χ2n) is 6.61. The van der Waals surface area contributed by atoms with Gasteiger partial charge in [-0.05, 0) is 64.5 Å². The van der Waals surface area contributed by atoms with Gasteiger partial charge in [-0.25, -0.2) is 0 Å². The Morgan fingerprint density at radius 1 is 1.22 bits per heavy atom. The summed E-state index contributed by atoms with van der Waals surface area (Å²) in [6.45, 7) is 7.43. The van der Waals surface area contributed by atoms with E-state index in [1.165, 1.54) is 58.0 Å². The highest BCUT2D eigenvalue weighted by Crippen LogP contribution is 2.33. The molecule has 106 valence electrons. The molecule has 2 heteroatoms. The van der Waals surface area contributed by atoms with Crippen molar-refractivity contribution in [2.75, 3.05) is 20.1 Å². The van der Waals surface area contributed by atoms with Crippen LogP contribution in [0, 0.1) is 11.8 Å². The van der Waals surface area contributed by atoms with Crippen LogP contribution >= 0.6 is 0 Å². The number of nitrogens with one attached hydrogen (secondary N) is 1. The zero-order valence-corrected chi connectivity index (χ0v) is 12.6. The normalized spacial score (nSPS) is 38.2. The van der Waals surface area contributed by atoms with Crippen LogP contribution in [0.5, 0.6) is 0 Å². The Balaban J connectivity index is 1.89. The van der Waals surface area contributed by atoms with Gasteiger partial charge in [-0.15, -0.1) is 0 Å². The highest BCUT2D eigenvalue weighted by Gasteiger charge is 2.32. The van der Waals surface area contributed by atoms with Crippen molar-refractivity contribution < 1.29 is 0 Å². The Morgan fingerprint density at radius 2 is 2.06 bits per heavy atom. The molecule has 4 atom stereocenters. The van der Waals surface area contributed by atoms with Gasteiger partial charge >= 0.3 is 0 Å². The number of hydrogen-bond acceptors (Lipinski definition) is 2. The van der Waals surface area contributed by atoms with Crippen molar-refractivity contribution in [3.63, 3.8) is 0 Å². The number of nitrogens with zero attached hydrogens (tertiary/aromatic N) is 1.